The van der Waals surface area contributed by atoms with Crippen molar-refractivity contribution in [3.63, 3.8) is 0 Å². The van der Waals surface area contributed by atoms with Gasteiger partial charge in [0.05, 0.1) is 6.04 Å². The van der Waals surface area contributed by atoms with Crippen LogP contribution in [0.2, 0.25) is 0 Å². The van der Waals surface area contributed by atoms with Gasteiger partial charge >= 0.3 is 0 Å². The molecule has 1 aliphatic heterocycles. The molecule has 1 atom stereocenters. The summed E-state index contributed by atoms with van der Waals surface area (Å²) >= 11 is 3.35. The maximum Gasteiger partial charge on any atom is 0.169 e. The van der Waals surface area contributed by atoms with E-state index in [4.69, 9.17) is 9.15 Å². The highest BCUT2D eigenvalue weighted by Gasteiger charge is 2.30. The van der Waals surface area contributed by atoms with E-state index in [2.05, 4.69) is 53.3 Å². The van der Waals surface area contributed by atoms with Gasteiger partial charge in [0, 0.05) is 6.42 Å². The van der Waals surface area contributed by atoms with Gasteiger partial charge in [0.15, 0.2) is 4.67 Å². The lowest BCUT2D eigenvalue weighted by Gasteiger charge is -2.16. The van der Waals surface area contributed by atoms with E-state index in [-0.39, 0.29) is 11.6 Å². The lowest BCUT2D eigenvalue weighted by Crippen LogP contribution is -2.24. The topological polar surface area (TPSA) is 34.4 Å². The van der Waals surface area contributed by atoms with Crippen molar-refractivity contribution >= 4 is 15.9 Å². The number of ether oxygens (including phenoxy) is 1. The van der Waals surface area contributed by atoms with Crippen LogP contribution in [-0.4, -0.2) is 12.6 Å². The monoisotopic (exact) mass is 335 g/mol. The van der Waals surface area contributed by atoms with Gasteiger partial charge in [-0.2, -0.15) is 0 Å². The number of hydrogen-bond acceptors (Lipinski definition) is 3. The van der Waals surface area contributed by atoms with Crippen molar-refractivity contribution in [2.24, 2.45) is 0 Å². The Balaban J connectivity index is 1.95. The highest BCUT2D eigenvalue weighted by molar-refractivity contribution is 9.10. The van der Waals surface area contributed by atoms with E-state index < -0.39 is 0 Å². The number of benzene rings is 1. The summed E-state index contributed by atoms with van der Waals surface area (Å²) in [5, 5.41) is 3.30. The van der Waals surface area contributed by atoms with Crippen LogP contribution in [0, 0.1) is 0 Å². The quantitative estimate of drug-likeness (QED) is 0.918. The molecule has 106 valence electrons. The van der Waals surface area contributed by atoms with Crippen molar-refractivity contribution in [1.82, 2.24) is 5.32 Å². The second-order valence-electron chi connectivity index (χ2n) is 5.77. The predicted molar refractivity (Wildman–Crippen MR) is 82.2 cm³/mol. The molecule has 4 heteroatoms. The molecule has 1 aromatic heterocycles. The maximum atomic E-state index is 5.92. The van der Waals surface area contributed by atoms with Gasteiger partial charge in [0.25, 0.3) is 0 Å². The van der Waals surface area contributed by atoms with Crippen LogP contribution >= 0.6 is 15.9 Å². The van der Waals surface area contributed by atoms with Crippen LogP contribution in [0.25, 0.3) is 0 Å². The minimum Gasteiger partial charge on any atom is -0.487 e. The molecule has 1 aliphatic rings. The average molecular weight is 336 g/mol. The van der Waals surface area contributed by atoms with Gasteiger partial charge in [0.1, 0.15) is 17.1 Å². The fraction of sp³-hybridized carbons (Fsp3) is 0.375. The summed E-state index contributed by atoms with van der Waals surface area (Å²) in [4.78, 5) is 0. The van der Waals surface area contributed by atoms with E-state index in [9.17, 15) is 0 Å². The summed E-state index contributed by atoms with van der Waals surface area (Å²) in [6, 6.07) is 10.3. The molecule has 0 bridgehead atoms. The number of hydrogen-bond donors (Lipinski definition) is 1. The van der Waals surface area contributed by atoms with Crippen LogP contribution in [0.15, 0.2) is 39.4 Å². The molecule has 3 rings (SSSR count). The summed E-state index contributed by atoms with van der Waals surface area (Å²) in [6.07, 6.45) is 0.939. The molecule has 1 N–H and O–H groups in total. The average Bonchev–Trinajstić information content (AvgIpc) is 2.91. The molecule has 0 saturated carbocycles. The second kappa shape index (κ2) is 4.93. The zero-order valence-electron chi connectivity index (χ0n) is 11.9. The number of nitrogens with one attached hydrogen (secondary N) is 1. The molecule has 3 nitrogen and oxygen atoms in total. The van der Waals surface area contributed by atoms with E-state index >= 15 is 0 Å². The Morgan fingerprint density at radius 1 is 1.25 bits per heavy atom. The summed E-state index contributed by atoms with van der Waals surface area (Å²) in [6.45, 7) is 4.23. The third-order valence-corrected chi connectivity index (χ3v) is 4.01. The normalized spacial score (nSPS) is 17.6. The number of halogens is 1. The first kappa shape index (κ1) is 13.7. The smallest absolute Gasteiger partial charge is 0.169 e. The van der Waals surface area contributed by atoms with Crippen LogP contribution in [0.1, 0.15) is 36.8 Å². The number of furan rings is 1. The Kier molecular flexibility index (Phi) is 3.38. The minimum absolute atomic E-state index is 0.0512. The molecule has 1 unspecified atom stereocenters. The SMILES string of the molecule is CNC(c1ccc2c(c1)CC(C)(C)O2)c1ccc(Br)o1. The van der Waals surface area contributed by atoms with Crippen molar-refractivity contribution in [3.8, 4) is 5.75 Å². The maximum absolute atomic E-state index is 5.92. The lowest BCUT2D eigenvalue weighted by molar-refractivity contribution is 0.138. The van der Waals surface area contributed by atoms with Crippen molar-refractivity contribution in [2.45, 2.75) is 31.9 Å². The highest BCUT2D eigenvalue weighted by atomic mass is 79.9. The molecule has 1 aromatic carbocycles. The van der Waals surface area contributed by atoms with Gasteiger partial charge in [-0.1, -0.05) is 6.07 Å². The van der Waals surface area contributed by atoms with E-state index in [1.54, 1.807) is 0 Å². The number of rotatable bonds is 3. The Morgan fingerprint density at radius 3 is 2.70 bits per heavy atom. The Hall–Kier alpha value is -1.26. The van der Waals surface area contributed by atoms with Gasteiger partial charge in [-0.25, -0.2) is 0 Å². The first-order chi connectivity index (χ1) is 9.48. The van der Waals surface area contributed by atoms with E-state index in [1.165, 1.54) is 11.1 Å². The van der Waals surface area contributed by atoms with Crippen LogP contribution in [0.4, 0.5) is 0 Å². The third kappa shape index (κ3) is 2.50. The van der Waals surface area contributed by atoms with Crippen LogP contribution in [0.5, 0.6) is 5.75 Å². The molecular formula is C16H18BrNO2. The lowest BCUT2D eigenvalue weighted by atomic mass is 9.97. The Bertz CT molecular complexity index is 633. The first-order valence-electron chi connectivity index (χ1n) is 6.73. The van der Waals surface area contributed by atoms with Gasteiger partial charge in [-0.15, -0.1) is 0 Å². The predicted octanol–water partition coefficient (Wildman–Crippen LogP) is 4.06. The Labute approximate surface area is 127 Å². The standard InChI is InChI=1S/C16H18BrNO2/c1-16(2)9-11-8-10(4-5-12(11)20-16)15(18-3)13-6-7-14(17)19-13/h4-8,15,18H,9H2,1-3H3. The van der Waals surface area contributed by atoms with Crippen molar-refractivity contribution in [2.75, 3.05) is 7.05 Å². The summed E-state index contributed by atoms with van der Waals surface area (Å²) in [7, 11) is 1.94. The summed E-state index contributed by atoms with van der Waals surface area (Å²) < 4.78 is 12.3. The summed E-state index contributed by atoms with van der Waals surface area (Å²) in [5.41, 5.74) is 2.34. The fourth-order valence-electron chi connectivity index (χ4n) is 2.77. The zero-order valence-corrected chi connectivity index (χ0v) is 13.5. The van der Waals surface area contributed by atoms with E-state index in [0.29, 0.717) is 0 Å². The molecule has 0 aliphatic carbocycles. The molecule has 0 fully saturated rings. The fourth-order valence-corrected chi connectivity index (χ4v) is 3.08. The molecule has 2 heterocycles. The van der Waals surface area contributed by atoms with Gasteiger partial charge in [-0.05, 0) is 72.2 Å². The summed E-state index contributed by atoms with van der Waals surface area (Å²) in [5.74, 6) is 1.90. The van der Waals surface area contributed by atoms with Crippen LogP contribution < -0.4 is 10.1 Å². The van der Waals surface area contributed by atoms with Crippen molar-refractivity contribution < 1.29 is 9.15 Å². The van der Waals surface area contributed by atoms with Crippen LogP contribution in [-0.2, 0) is 6.42 Å². The molecule has 0 spiro atoms. The second-order valence-corrected chi connectivity index (χ2v) is 6.55. The molecular weight excluding hydrogens is 318 g/mol. The van der Waals surface area contributed by atoms with Gasteiger partial charge < -0.3 is 14.5 Å². The molecule has 20 heavy (non-hydrogen) atoms. The zero-order chi connectivity index (χ0) is 14.3. The highest BCUT2D eigenvalue weighted by Crippen LogP contribution is 2.37. The molecule has 0 radical (unpaired) electrons. The molecule has 2 aromatic rings. The molecule has 0 amide bonds. The third-order valence-electron chi connectivity index (χ3n) is 3.59. The van der Waals surface area contributed by atoms with E-state index in [0.717, 1.165) is 22.6 Å². The van der Waals surface area contributed by atoms with E-state index in [1.807, 2.05) is 19.2 Å². The first-order valence-corrected chi connectivity index (χ1v) is 7.52. The number of fused-ring (bicyclic) bond motifs is 1. The molecule has 0 saturated heterocycles. The largest absolute Gasteiger partial charge is 0.487 e. The van der Waals surface area contributed by atoms with Crippen molar-refractivity contribution in [1.29, 1.82) is 0 Å². The minimum atomic E-state index is -0.107. The van der Waals surface area contributed by atoms with Crippen LogP contribution in [0.3, 0.4) is 0 Å². The Morgan fingerprint density at radius 2 is 2.05 bits per heavy atom. The van der Waals surface area contributed by atoms with Gasteiger partial charge in [-0.3, -0.25) is 0 Å². The van der Waals surface area contributed by atoms with Crippen molar-refractivity contribution in [3.05, 3.63) is 51.9 Å². The van der Waals surface area contributed by atoms with Gasteiger partial charge in [0.2, 0.25) is 0 Å².